The fraction of sp³-hybridized carbons (Fsp3) is 0.312. The van der Waals surface area contributed by atoms with Gasteiger partial charge in [-0.05, 0) is 32.9 Å². The minimum absolute atomic E-state index is 0.0285. The maximum Gasteiger partial charge on any atom is 0.358 e. The maximum atomic E-state index is 11.7. The molecule has 0 saturated carbocycles. The second-order valence-corrected chi connectivity index (χ2v) is 6.23. The third-order valence-corrected chi connectivity index (χ3v) is 3.20. The highest BCUT2D eigenvalue weighted by molar-refractivity contribution is 6.35. The Morgan fingerprint density at radius 2 is 2.00 bits per heavy atom. The number of halogens is 1. The van der Waals surface area contributed by atoms with Crippen LogP contribution in [-0.4, -0.2) is 28.6 Å². The van der Waals surface area contributed by atoms with Crippen molar-refractivity contribution in [2.45, 2.75) is 26.4 Å². The van der Waals surface area contributed by atoms with Gasteiger partial charge in [-0.3, -0.25) is 0 Å². The molecule has 0 fully saturated rings. The fourth-order valence-corrected chi connectivity index (χ4v) is 2.01. The summed E-state index contributed by atoms with van der Waals surface area (Å²) in [5.41, 5.74) is 6.87. The van der Waals surface area contributed by atoms with Crippen LogP contribution in [0.5, 0.6) is 5.88 Å². The average molecular weight is 336 g/mol. The Morgan fingerprint density at radius 1 is 1.30 bits per heavy atom. The van der Waals surface area contributed by atoms with Crippen molar-refractivity contribution in [1.29, 1.82) is 0 Å². The van der Waals surface area contributed by atoms with E-state index >= 15 is 0 Å². The van der Waals surface area contributed by atoms with Crippen LogP contribution in [0.15, 0.2) is 24.4 Å². The van der Waals surface area contributed by atoms with Crippen LogP contribution in [0.4, 0.5) is 5.69 Å². The summed E-state index contributed by atoms with van der Waals surface area (Å²) in [7, 11) is 1.25. The zero-order valence-corrected chi connectivity index (χ0v) is 14.1. The lowest BCUT2D eigenvalue weighted by Gasteiger charge is -2.20. The van der Waals surface area contributed by atoms with Crippen LogP contribution >= 0.6 is 11.6 Å². The Kier molecular flexibility index (Phi) is 4.75. The largest absolute Gasteiger partial charge is 0.472 e. The molecule has 0 unspecified atom stereocenters. The zero-order valence-electron chi connectivity index (χ0n) is 13.4. The first-order chi connectivity index (χ1) is 10.7. The molecular formula is C16H18ClN3O3. The number of pyridine rings is 2. The highest BCUT2D eigenvalue weighted by Crippen LogP contribution is 2.29. The third-order valence-electron chi connectivity index (χ3n) is 2.81. The molecule has 0 saturated heterocycles. The third kappa shape index (κ3) is 4.10. The van der Waals surface area contributed by atoms with Gasteiger partial charge in [0.1, 0.15) is 5.60 Å². The molecule has 2 rings (SSSR count). The number of esters is 1. The van der Waals surface area contributed by atoms with Crippen molar-refractivity contribution in [3.63, 3.8) is 0 Å². The molecule has 2 heterocycles. The van der Waals surface area contributed by atoms with Crippen LogP contribution in [0.3, 0.4) is 0 Å². The summed E-state index contributed by atoms with van der Waals surface area (Å²) in [4.78, 5) is 20.2. The van der Waals surface area contributed by atoms with Crippen molar-refractivity contribution in [2.75, 3.05) is 12.8 Å². The maximum absolute atomic E-state index is 11.7. The zero-order chi connectivity index (χ0) is 17.2. The summed E-state index contributed by atoms with van der Waals surface area (Å²) < 4.78 is 10.3. The minimum Gasteiger partial charge on any atom is -0.472 e. The van der Waals surface area contributed by atoms with E-state index in [1.807, 2.05) is 20.8 Å². The van der Waals surface area contributed by atoms with E-state index in [0.717, 1.165) is 0 Å². The number of hydrogen-bond donors (Lipinski definition) is 1. The number of carbonyl (C=O) groups excluding carboxylic acids is 1. The van der Waals surface area contributed by atoms with Gasteiger partial charge >= 0.3 is 5.97 Å². The first kappa shape index (κ1) is 17.0. The van der Waals surface area contributed by atoms with Crippen molar-refractivity contribution in [3.8, 4) is 17.1 Å². The first-order valence-corrected chi connectivity index (χ1v) is 7.29. The second-order valence-electron chi connectivity index (χ2n) is 5.85. The number of rotatable bonds is 3. The van der Waals surface area contributed by atoms with E-state index in [0.29, 0.717) is 17.1 Å². The highest BCUT2D eigenvalue weighted by atomic mass is 35.5. The SMILES string of the molecule is COC(=O)c1nc(-c2ccc(OC(C)(C)C)nc2)cc(N)c1Cl. The highest BCUT2D eigenvalue weighted by Gasteiger charge is 2.18. The normalized spacial score (nSPS) is 11.2. The Morgan fingerprint density at radius 3 is 2.52 bits per heavy atom. The summed E-state index contributed by atoms with van der Waals surface area (Å²) in [6, 6.07) is 5.09. The summed E-state index contributed by atoms with van der Waals surface area (Å²) >= 11 is 6.00. The Hall–Kier alpha value is -2.34. The van der Waals surface area contributed by atoms with Gasteiger partial charge in [-0.2, -0.15) is 0 Å². The molecule has 7 heteroatoms. The molecule has 2 aromatic heterocycles. The van der Waals surface area contributed by atoms with Crippen LogP contribution in [0.1, 0.15) is 31.3 Å². The Bertz CT molecular complexity index is 725. The molecule has 0 atom stereocenters. The number of aromatic nitrogens is 2. The molecule has 0 radical (unpaired) electrons. The molecule has 0 bridgehead atoms. The molecule has 0 aromatic carbocycles. The van der Waals surface area contributed by atoms with Gasteiger partial charge in [-0.25, -0.2) is 14.8 Å². The summed E-state index contributed by atoms with van der Waals surface area (Å²) in [5.74, 6) is -0.152. The number of methoxy groups -OCH3 is 1. The Labute approximate surface area is 139 Å². The number of nitrogens with two attached hydrogens (primary N) is 1. The summed E-state index contributed by atoms with van der Waals surface area (Å²) in [6.45, 7) is 5.81. The van der Waals surface area contributed by atoms with Crippen LogP contribution in [-0.2, 0) is 4.74 Å². The van der Waals surface area contributed by atoms with E-state index < -0.39 is 5.97 Å². The molecule has 0 aliphatic rings. The number of hydrogen-bond acceptors (Lipinski definition) is 6. The molecule has 0 amide bonds. The standard InChI is InChI=1S/C16H18ClN3O3/c1-16(2,3)23-12-6-5-9(8-19-12)11-7-10(18)13(17)14(20-11)15(21)22-4/h5-8H,1-4H3,(H2,18,20). The molecule has 2 N–H and O–H groups in total. The molecule has 6 nitrogen and oxygen atoms in total. The molecule has 0 spiro atoms. The molecular weight excluding hydrogens is 318 g/mol. The van der Waals surface area contributed by atoms with Crippen molar-refractivity contribution in [2.24, 2.45) is 0 Å². The van der Waals surface area contributed by atoms with Crippen molar-refractivity contribution in [1.82, 2.24) is 9.97 Å². The molecule has 122 valence electrons. The monoisotopic (exact) mass is 335 g/mol. The molecule has 0 aliphatic carbocycles. The van der Waals surface area contributed by atoms with Crippen molar-refractivity contribution in [3.05, 3.63) is 35.1 Å². The number of nitrogens with zero attached hydrogens (tertiary/aromatic N) is 2. The van der Waals surface area contributed by atoms with E-state index in [2.05, 4.69) is 14.7 Å². The van der Waals surface area contributed by atoms with E-state index in [9.17, 15) is 4.79 Å². The number of ether oxygens (including phenoxy) is 2. The van der Waals surface area contributed by atoms with E-state index in [1.54, 1.807) is 24.4 Å². The number of nitrogen functional groups attached to an aromatic ring is 1. The van der Waals surface area contributed by atoms with E-state index in [-0.39, 0.29) is 22.0 Å². The lowest BCUT2D eigenvalue weighted by atomic mass is 10.1. The predicted octanol–water partition coefficient (Wildman–Crippen LogP) is 3.34. The first-order valence-electron chi connectivity index (χ1n) is 6.91. The van der Waals surface area contributed by atoms with Crippen LogP contribution in [0.2, 0.25) is 5.02 Å². The summed E-state index contributed by atoms with van der Waals surface area (Å²) in [5, 5.41) is 0.0706. The predicted molar refractivity (Wildman–Crippen MR) is 88.6 cm³/mol. The quantitative estimate of drug-likeness (QED) is 0.865. The van der Waals surface area contributed by atoms with Crippen LogP contribution in [0.25, 0.3) is 11.3 Å². The second kappa shape index (κ2) is 6.42. The van der Waals surface area contributed by atoms with Crippen LogP contribution in [0, 0.1) is 0 Å². The van der Waals surface area contributed by atoms with Gasteiger partial charge in [0.05, 0.1) is 23.5 Å². The number of anilines is 1. The molecule has 2 aromatic rings. The van der Waals surface area contributed by atoms with Gasteiger partial charge in [0.25, 0.3) is 0 Å². The molecule has 0 aliphatic heterocycles. The lowest BCUT2D eigenvalue weighted by Crippen LogP contribution is -2.23. The van der Waals surface area contributed by atoms with Gasteiger partial charge in [-0.15, -0.1) is 0 Å². The van der Waals surface area contributed by atoms with Crippen molar-refractivity contribution < 1.29 is 14.3 Å². The van der Waals surface area contributed by atoms with E-state index in [1.165, 1.54) is 7.11 Å². The van der Waals surface area contributed by atoms with Gasteiger partial charge < -0.3 is 15.2 Å². The molecule has 23 heavy (non-hydrogen) atoms. The van der Waals surface area contributed by atoms with Gasteiger partial charge in [0.15, 0.2) is 5.69 Å². The number of carbonyl (C=O) groups is 1. The summed E-state index contributed by atoms with van der Waals surface area (Å²) in [6.07, 6.45) is 1.60. The Balaban J connectivity index is 2.39. The van der Waals surface area contributed by atoms with Gasteiger partial charge in [0.2, 0.25) is 5.88 Å². The van der Waals surface area contributed by atoms with Gasteiger partial charge in [-0.1, -0.05) is 11.6 Å². The minimum atomic E-state index is -0.649. The van der Waals surface area contributed by atoms with Gasteiger partial charge in [0, 0.05) is 17.8 Å². The fourth-order valence-electron chi connectivity index (χ4n) is 1.83. The van der Waals surface area contributed by atoms with Crippen LogP contribution < -0.4 is 10.5 Å². The lowest BCUT2D eigenvalue weighted by molar-refractivity contribution is 0.0594. The van der Waals surface area contributed by atoms with Crippen molar-refractivity contribution >= 4 is 23.3 Å². The van der Waals surface area contributed by atoms with E-state index in [4.69, 9.17) is 22.1 Å². The topological polar surface area (TPSA) is 87.3 Å². The smallest absolute Gasteiger partial charge is 0.358 e. The average Bonchev–Trinajstić information content (AvgIpc) is 2.48.